The van der Waals surface area contributed by atoms with E-state index in [2.05, 4.69) is 41.6 Å². The van der Waals surface area contributed by atoms with Crippen LogP contribution in [0.1, 0.15) is 32.8 Å². The van der Waals surface area contributed by atoms with E-state index in [1.54, 1.807) is 7.05 Å². The van der Waals surface area contributed by atoms with Crippen LogP contribution in [0.3, 0.4) is 0 Å². The second kappa shape index (κ2) is 9.23. The molecule has 4 heteroatoms. The van der Waals surface area contributed by atoms with Crippen molar-refractivity contribution < 1.29 is 4.74 Å². The summed E-state index contributed by atoms with van der Waals surface area (Å²) in [5.41, 5.74) is 1.18. The van der Waals surface area contributed by atoms with Gasteiger partial charge in [0.25, 0.3) is 0 Å². The number of aliphatic imine (C=N–C) groups is 1. The fourth-order valence-electron chi connectivity index (χ4n) is 1.80. The van der Waals surface area contributed by atoms with Crippen LogP contribution in [0.5, 0.6) is 5.75 Å². The molecule has 1 rings (SSSR count). The molecule has 0 fully saturated rings. The van der Waals surface area contributed by atoms with Crippen molar-refractivity contribution in [2.75, 3.05) is 20.2 Å². The minimum absolute atomic E-state index is 0.690. The van der Waals surface area contributed by atoms with Gasteiger partial charge in [0.05, 0.1) is 6.61 Å². The van der Waals surface area contributed by atoms with Gasteiger partial charge in [-0.15, -0.1) is 0 Å². The van der Waals surface area contributed by atoms with Crippen LogP contribution < -0.4 is 15.4 Å². The molecule has 0 aliphatic heterocycles. The van der Waals surface area contributed by atoms with E-state index < -0.39 is 0 Å². The smallest absolute Gasteiger partial charge is 0.191 e. The molecule has 0 amide bonds. The molecule has 1 aromatic rings. The maximum absolute atomic E-state index is 5.50. The summed E-state index contributed by atoms with van der Waals surface area (Å²) >= 11 is 0. The van der Waals surface area contributed by atoms with Crippen LogP contribution >= 0.6 is 0 Å². The topological polar surface area (TPSA) is 45.6 Å². The standard InChI is InChI=1S/C16H27N3O/c1-5-20-15-8-6-7-14(11-15)12-19-16(17-4)18-10-9-13(2)3/h6-8,11,13H,5,9-10,12H2,1-4H3,(H2,17,18,19). The number of rotatable bonds is 7. The fourth-order valence-corrected chi connectivity index (χ4v) is 1.80. The molecule has 0 radical (unpaired) electrons. The summed E-state index contributed by atoms with van der Waals surface area (Å²) in [7, 11) is 1.79. The highest BCUT2D eigenvalue weighted by molar-refractivity contribution is 5.79. The Bertz CT molecular complexity index is 416. The number of nitrogens with one attached hydrogen (secondary N) is 2. The van der Waals surface area contributed by atoms with Crippen LogP contribution in [-0.4, -0.2) is 26.2 Å². The van der Waals surface area contributed by atoms with Crippen molar-refractivity contribution in [1.29, 1.82) is 0 Å². The number of hydrogen-bond acceptors (Lipinski definition) is 2. The van der Waals surface area contributed by atoms with E-state index in [1.807, 2.05) is 19.1 Å². The largest absolute Gasteiger partial charge is 0.494 e. The normalized spacial score (nSPS) is 11.6. The molecular formula is C16H27N3O. The van der Waals surface area contributed by atoms with Crippen LogP contribution in [-0.2, 0) is 6.54 Å². The number of ether oxygens (including phenoxy) is 1. The fraction of sp³-hybridized carbons (Fsp3) is 0.562. The molecule has 1 aromatic carbocycles. The Morgan fingerprint density at radius 3 is 2.75 bits per heavy atom. The van der Waals surface area contributed by atoms with E-state index in [-0.39, 0.29) is 0 Å². The first kappa shape index (κ1) is 16.3. The molecule has 0 aromatic heterocycles. The van der Waals surface area contributed by atoms with Crippen LogP contribution in [0.4, 0.5) is 0 Å². The van der Waals surface area contributed by atoms with Crippen LogP contribution in [0, 0.1) is 5.92 Å². The summed E-state index contributed by atoms with van der Waals surface area (Å²) < 4.78 is 5.50. The van der Waals surface area contributed by atoms with Gasteiger partial charge in [-0.05, 0) is 37.0 Å². The lowest BCUT2D eigenvalue weighted by Gasteiger charge is -2.13. The molecular weight excluding hydrogens is 250 g/mol. The summed E-state index contributed by atoms with van der Waals surface area (Å²) in [6.45, 7) is 8.80. The van der Waals surface area contributed by atoms with Crippen LogP contribution in [0.15, 0.2) is 29.3 Å². The average molecular weight is 277 g/mol. The van der Waals surface area contributed by atoms with Gasteiger partial charge in [0, 0.05) is 20.1 Å². The first-order valence-corrected chi connectivity index (χ1v) is 7.32. The highest BCUT2D eigenvalue weighted by Crippen LogP contribution is 2.12. The third-order valence-electron chi connectivity index (χ3n) is 2.91. The van der Waals surface area contributed by atoms with E-state index in [4.69, 9.17) is 4.74 Å². The summed E-state index contributed by atoms with van der Waals surface area (Å²) in [6, 6.07) is 8.12. The van der Waals surface area contributed by atoms with Gasteiger partial charge in [-0.1, -0.05) is 26.0 Å². The maximum atomic E-state index is 5.50. The van der Waals surface area contributed by atoms with Crippen molar-refractivity contribution in [1.82, 2.24) is 10.6 Å². The van der Waals surface area contributed by atoms with E-state index >= 15 is 0 Å². The minimum Gasteiger partial charge on any atom is -0.494 e. The number of guanidine groups is 1. The molecule has 0 aliphatic rings. The van der Waals surface area contributed by atoms with Crippen LogP contribution in [0.25, 0.3) is 0 Å². The van der Waals surface area contributed by atoms with Crippen molar-refractivity contribution in [3.8, 4) is 5.75 Å². The lowest BCUT2D eigenvalue weighted by Crippen LogP contribution is -2.37. The molecule has 0 unspecified atom stereocenters. The van der Waals surface area contributed by atoms with E-state index in [0.717, 1.165) is 31.2 Å². The van der Waals surface area contributed by atoms with E-state index in [0.29, 0.717) is 12.5 Å². The van der Waals surface area contributed by atoms with Crippen molar-refractivity contribution in [3.63, 3.8) is 0 Å². The minimum atomic E-state index is 0.690. The number of nitrogens with zero attached hydrogens (tertiary/aromatic N) is 1. The Morgan fingerprint density at radius 1 is 1.30 bits per heavy atom. The molecule has 112 valence electrons. The molecule has 0 atom stereocenters. The summed E-state index contributed by atoms with van der Waals surface area (Å²) in [6.07, 6.45) is 1.14. The third-order valence-corrected chi connectivity index (χ3v) is 2.91. The Morgan fingerprint density at radius 2 is 2.10 bits per heavy atom. The van der Waals surface area contributed by atoms with Crippen molar-refractivity contribution in [3.05, 3.63) is 29.8 Å². The quantitative estimate of drug-likeness (QED) is 0.595. The summed E-state index contributed by atoms with van der Waals surface area (Å²) in [5, 5.41) is 6.63. The van der Waals surface area contributed by atoms with Gasteiger partial charge in [0.1, 0.15) is 5.75 Å². The number of hydrogen-bond donors (Lipinski definition) is 2. The van der Waals surface area contributed by atoms with Gasteiger partial charge in [-0.25, -0.2) is 0 Å². The van der Waals surface area contributed by atoms with Crippen molar-refractivity contribution in [2.24, 2.45) is 10.9 Å². The predicted molar refractivity (Wildman–Crippen MR) is 85.3 cm³/mol. The average Bonchev–Trinajstić information content (AvgIpc) is 2.43. The van der Waals surface area contributed by atoms with Crippen LogP contribution in [0.2, 0.25) is 0 Å². The molecule has 20 heavy (non-hydrogen) atoms. The molecule has 2 N–H and O–H groups in total. The highest BCUT2D eigenvalue weighted by Gasteiger charge is 2.00. The van der Waals surface area contributed by atoms with E-state index in [1.165, 1.54) is 5.56 Å². The Kier molecular flexibility index (Phi) is 7.55. The third kappa shape index (κ3) is 6.45. The molecule has 0 saturated heterocycles. The molecule has 0 bridgehead atoms. The maximum Gasteiger partial charge on any atom is 0.191 e. The zero-order valence-corrected chi connectivity index (χ0v) is 13.1. The first-order valence-electron chi connectivity index (χ1n) is 7.32. The van der Waals surface area contributed by atoms with Gasteiger partial charge >= 0.3 is 0 Å². The van der Waals surface area contributed by atoms with Gasteiger partial charge in [-0.3, -0.25) is 4.99 Å². The lowest BCUT2D eigenvalue weighted by molar-refractivity contribution is 0.340. The highest BCUT2D eigenvalue weighted by atomic mass is 16.5. The molecule has 0 spiro atoms. The summed E-state index contributed by atoms with van der Waals surface area (Å²) in [5.74, 6) is 2.45. The molecule has 4 nitrogen and oxygen atoms in total. The molecule has 0 saturated carbocycles. The zero-order chi connectivity index (χ0) is 14.8. The van der Waals surface area contributed by atoms with Gasteiger partial charge in [0.2, 0.25) is 0 Å². The van der Waals surface area contributed by atoms with Crippen molar-refractivity contribution in [2.45, 2.75) is 33.7 Å². The van der Waals surface area contributed by atoms with E-state index in [9.17, 15) is 0 Å². The van der Waals surface area contributed by atoms with Gasteiger partial charge in [0.15, 0.2) is 5.96 Å². The zero-order valence-electron chi connectivity index (χ0n) is 13.1. The van der Waals surface area contributed by atoms with Gasteiger partial charge in [-0.2, -0.15) is 0 Å². The van der Waals surface area contributed by atoms with Crippen molar-refractivity contribution >= 4 is 5.96 Å². The van der Waals surface area contributed by atoms with Gasteiger partial charge < -0.3 is 15.4 Å². The molecule has 0 heterocycles. The monoisotopic (exact) mass is 277 g/mol. The SMILES string of the molecule is CCOc1cccc(CNC(=NC)NCCC(C)C)c1. The Labute approximate surface area is 122 Å². The Balaban J connectivity index is 2.42. The summed E-state index contributed by atoms with van der Waals surface area (Å²) in [4.78, 5) is 4.22. The predicted octanol–water partition coefficient (Wildman–Crippen LogP) is 2.80. The second-order valence-corrected chi connectivity index (χ2v) is 5.12. The molecule has 0 aliphatic carbocycles. The second-order valence-electron chi connectivity index (χ2n) is 5.12. The lowest BCUT2D eigenvalue weighted by atomic mass is 10.1. The Hall–Kier alpha value is -1.71. The number of benzene rings is 1. The first-order chi connectivity index (χ1) is 9.65.